The van der Waals surface area contributed by atoms with Crippen LogP contribution in [0.4, 0.5) is 0 Å². The van der Waals surface area contributed by atoms with E-state index in [1.54, 1.807) is 0 Å². The first-order chi connectivity index (χ1) is 33.5. The molecule has 17 N–H and O–H groups in total. The Morgan fingerprint density at radius 1 is 0.639 bits per heavy atom. The van der Waals surface area contributed by atoms with Crippen molar-refractivity contribution in [2.24, 2.45) is 0 Å². The minimum atomic E-state index is -3.11. The van der Waals surface area contributed by atoms with Crippen LogP contribution in [-0.4, -0.2) is 276 Å². The van der Waals surface area contributed by atoms with Crippen LogP contribution >= 0.6 is 0 Å². The van der Waals surface area contributed by atoms with Gasteiger partial charge in [0.2, 0.25) is 17.7 Å². The van der Waals surface area contributed by atoms with Gasteiger partial charge < -0.3 is 125 Å². The van der Waals surface area contributed by atoms with Gasteiger partial charge in [0.25, 0.3) is 11.6 Å². The largest absolute Gasteiger partial charge is 0.477 e. The summed E-state index contributed by atoms with van der Waals surface area (Å²) in [5, 5.41) is 157. The van der Waals surface area contributed by atoms with Crippen LogP contribution in [-0.2, 0) is 61.9 Å². The molecule has 72 heavy (non-hydrogen) atoms. The van der Waals surface area contributed by atoms with E-state index in [-0.39, 0.29) is 6.61 Å². The minimum Gasteiger partial charge on any atom is -0.477 e. The normalized spacial score (nSPS) is 39.2. The van der Waals surface area contributed by atoms with Crippen LogP contribution < -0.4 is 16.0 Å². The standard InChI is InChI=1S/C41H71N3O27Si/c1-15(48)42-24-18(51)9-40(38(60)61,70-34(24)27(55)20(53)11-45)65-14-23-29(57)33(26(44-17(3)50)36(67-23)64-7-8-72(4,5)6)68-37-31(59)30(58)32(22(13-47)66-37)69-41(39(62)63)10-19(52)25(43-16(2)49)35(71-41)28(56)21(54)12-46/h18-37,45-47,51-59H,7-14H2,1-6H3,(H,42,48)(H,43,49)(H,44,50)(H,60,61)(H,62,63)/t18-,19-,20+,21+,22+,23+,24+,25+,26+,27+,28+,29-,30+,31+,32-,33+,34+,35+,36+,37-,40+,41+/m0/s1. The second-order valence-electron chi connectivity index (χ2n) is 19.4. The Labute approximate surface area is 412 Å². The molecule has 0 aromatic carbocycles. The number of carboxylic acid groups (broad SMARTS) is 2. The molecule has 4 aliphatic rings. The van der Waals surface area contributed by atoms with E-state index in [0.29, 0.717) is 6.04 Å². The van der Waals surface area contributed by atoms with E-state index in [0.717, 1.165) is 20.8 Å². The molecule has 4 heterocycles. The lowest BCUT2D eigenvalue weighted by Crippen LogP contribution is -2.71. The molecule has 0 bridgehead atoms. The average Bonchev–Trinajstić information content (AvgIpc) is 3.29. The van der Waals surface area contributed by atoms with Crippen molar-refractivity contribution in [2.75, 3.05) is 33.0 Å². The van der Waals surface area contributed by atoms with Gasteiger partial charge in [0, 0.05) is 48.3 Å². The molecular formula is C41H71N3O27Si. The minimum absolute atomic E-state index is 0.0318. The van der Waals surface area contributed by atoms with E-state index < -0.39 is 211 Å². The van der Waals surface area contributed by atoms with Gasteiger partial charge in [-0.15, -0.1) is 0 Å². The highest BCUT2D eigenvalue weighted by Crippen LogP contribution is 2.39. The number of hydrogen-bond donors (Lipinski definition) is 17. The highest BCUT2D eigenvalue weighted by Gasteiger charge is 2.61. The molecule has 4 fully saturated rings. The number of aliphatic hydroxyl groups excluding tert-OH is 12. The van der Waals surface area contributed by atoms with Crippen molar-refractivity contribution in [3.05, 3.63) is 0 Å². The number of carboxylic acids is 2. The van der Waals surface area contributed by atoms with Gasteiger partial charge in [-0.05, 0) is 6.04 Å². The monoisotopic (exact) mass is 1070 g/mol. The molecule has 0 aliphatic carbocycles. The Hall–Kier alpha value is -3.23. The average molecular weight is 1070 g/mol. The maximum atomic E-state index is 13.0. The summed E-state index contributed by atoms with van der Waals surface area (Å²) in [4.78, 5) is 62.7. The third-order valence-corrected chi connectivity index (χ3v) is 14.2. The highest BCUT2D eigenvalue weighted by atomic mass is 28.3. The fourth-order valence-corrected chi connectivity index (χ4v) is 9.39. The first kappa shape index (κ1) is 61.3. The lowest BCUT2D eigenvalue weighted by Gasteiger charge is -2.51. The molecule has 416 valence electrons. The Bertz CT molecular complexity index is 1840. The van der Waals surface area contributed by atoms with E-state index in [1.807, 2.05) is 19.6 Å². The third kappa shape index (κ3) is 14.6. The molecule has 4 saturated heterocycles. The van der Waals surface area contributed by atoms with Gasteiger partial charge in [0.1, 0.15) is 85.4 Å². The Morgan fingerprint density at radius 3 is 1.54 bits per heavy atom. The highest BCUT2D eigenvalue weighted by molar-refractivity contribution is 6.76. The van der Waals surface area contributed by atoms with Crippen LogP contribution in [0.1, 0.15) is 33.6 Å². The van der Waals surface area contributed by atoms with Crippen molar-refractivity contribution in [1.29, 1.82) is 0 Å². The van der Waals surface area contributed by atoms with Crippen molar-refractivity contribution in [3.63, 3.8) is 0 Å². The molecule has 0 radical (unpaired) electrons. The number of aliphatic carboxylic acids is 2. The molecule has 0 saturated carbocycles. The summed E-state index contributed by atoms with van der Waals surface area (Å²) in [6.07, 6.45) is -36.3. The molecule has 3 amide bonds. The smallest absolute Gasteiger partial charge is 0.364 e. The van der Waals surface area contributed by atoms with Crippen LogP contribution in [0.15, 0.2) is 0 Å². The van der Waals surface area contributed by atoms with Crippen molar-refractivity contribution in [1.82, 2.24) is 16.0 Å². The summed E-state index contributed by atoms with van der Waals surface area (Å²) in [5.41, 5.74) is 0. The summed E-state index contributed by atoms with van der Waals surface area (Å²) in [6, 6.07) is -4.24. The van der Waals surface area contributed by atoms with Gasteiger partial charge >= 0.3 is 11.9 Å². The molecule has 0 unspecified atom stereocenters. The Morgan fingerprint density at radius 2 is 1.10 bits per heavy atom. The van der Waals surface area contributed by atoms with Crippen LogP contribution in [0.2, 0.25) is 25.7 Å². The number of amides is 3. The number of nitrogens with one attached hydrogen (secondary N) is 3. The molecule has 31 heteroatoms. The summed E-state index contributed by atoms with van der Waals surface area (Å²) in [7, 11) is -1.87. The van der Waals surface area contributed by atoms with E-state index in [9.17, 15) is 95.5 Å². The topological polar surface area (TPSA) is 479 Å². The summed E-state index contributed by atoms with van der Waals surface area (Å²) < 4.78 is 46.8. The predicted molar refractivity (Wildman–Crippen MR) is 235 cm³/mol. The van der Waals surface area contributed by atoms with Gasteiger partial charge in [0.05, 0.1) is 50.7 Å². The number of carbonyl (C=O) groups excluding carboxylic acids is 3. The van der Waals surface area contributed by atoms with E-state index >= 15 is 0 Å². The van der Waals surface area contributed by atoms with Crippen molar-refractivity contribution in [3.8, 4) is 0 Å². The van der Waals surface area contributed by atoms with Crippen LogP contribution in [0.3, 0.4) is 0 Å². The molecule has 0 aromatic heterocycles. The number of rotatable bonds is 23. The van der Waals surface area contributed by atoms with Gasteiger partial charge in [-0.3, -0.25) is 14.4 Å². The first-order valence-electron chi connectivity index (χ1n) is 23.0. The quantitative estimate of drug-likeness (QED) is 0.0423. The van der Waals surface area contributed by atoms with Gasteiger partial charge in [-0.25, -0.2) is 9.59 Å². The van der Waals surface area contributed by atoms with Gasteiger partial charge in [-0.1, -0.05) is 19.6 Å². The summed E-state index contributed by atoms with van der Waals surface area (Å²) in [5.74, 6) is -12.3. The maximum Gasteiger partial charge on any atom is 0.364 e. The second kappa shape index (κ2) is 25.5. The summed E-state index contributed by atoms with van der Waals surface area (Å²) in [6.45, 7) is 4.77. The molecule has 30 nitrogen and oxygen atoms in total. The number of aliphatic hydroxyl groups is 12. The molecule has 0 spiro atoms. The number of carbonyl (C=O) groups is 5. The van der Waals surface area contributed by atoms with Crippen molar-refractivity contribution in [2.45, 2.75) is 193 Å². The zero-order valence-electron chi connectivity index (χ0n) is 40.3. The molecule has 4 aliphatic heterocycles. The lowest BCUT2D eigenvalue weighted by atomic mass is 9.88. The van der Waals surface area contributed by atoms with E-state index in [2.05, 4.69) is 16.0 Å². The summed E-state index contributed by atoms with van der Waals surface area (Å²) >= 11 is 0. The Balaban J connectivity index is 1.70. The van der Waals surface area contributed by atoms with Gasteiger partial charge in [0.15, 0.2) is 12.6 Å². The van der Waals surface area contributed by atoms with E-state index in [4.69, 9.17) is 37.9 Å². The fourth-order valence-electron chi connectivity index (χ4n) is 8.66. The first-order valence-corrected chi connectivity index (χ1v) is 26.7. The molecule has 0 aromatic rings. The number of ether oxygens (including phenoxy) is 8. The van der Waals surface area contributed by atoms with Crippen molar-refractivity contribution >= 4 is 37.7 Å². The lowest BCUT2D eigenvalue weighted by molar-refractivity contribution is -0.381. The zero-order valence-corrected chi connectivity index (χ0v) is 41.3. The molecular weight excluding hydrogens is 995 g/mol. The molecule has 4 rings (SSSR count). The zero-order chi connectivity index (χ0) is 54.4. The van der Waals surface area contributed by atoms with E-state index in [1.165, 1.54) is 0 Å². The van der Waals surface area contributed by atoms with Gasteiger partial charge in [-0.2, -0.15) is 0 Å². The fraction of sp³-hybridized carbons (Fsp3) is 0.878. The Kier molecular flexibility index (Phi) is 21.7. The van der Waals surface area contributed by atoms with Crippen molar-refractivity contribution < 1.29 is 133 Å². The number of hydrogen-bond acceptors (Lipinski definition) is 25. The second-order valence-corrected chi connectivity index (χ2v) is 25.0. The van der Waals surface area contributed by atoms with Crippen LogP contribution in [0.25, 0.3) is 0 Å². The van der Waals surface area contributed by atoms with Crippen LogP contribution in [0.5, 0.6) is 0 Å². The third-order valence-electron chi connectivity index (χ3n) is 12.5. The SMILES string of the molecule is CC(=O)N[C@H]1[C@H](OCC[Si](C)(C)C)O[C@H](CO[C@]2(C(=O)O)C[C@H](O)[C@@H](NC(C)=O)[C@H]([C@H](O)[C@H](O)CO)O2)[C@H](O)[C@@H]1O[C@@H]1O[C@H](CO)[C@H](O[C@]2(C(=O)O)C[C@H](O)[C@@H](NC(C)=O)[C@H]([C@H](O)[C@H](O)CO)O2)[C@H](O)[C@H]1O. The maximum absolute atomic E-state index is 13.0. The van der Waals surface area contributed by atoms with Crippen LogP contribution in [0, 0.1) is 0 Å². The predicted octanol–water partition coefficient (Wildman–Crippen LogP) is -8.54. The molecule has 22 atom stereocenters.